The van der Waals surface area contributed by atoms with E-state index in [0.717, 1.165) is 23.5 Å². The summed E-state index contributed by atoms with van der Waals surface area (Å²) < 4.78 is 1.65. The van der Waals surface area contributed by atoms with Gasteiger partial charge >= 0.3 is 0 Å². The Bertz CT molecular complexity index is 816. The standard InChI is InChI=1S/C17H18ClN5S/c1-12-5-2-3-8-22(12)16-14(13-6-10-24-11-13)15(18)20-17(21-16)23-9-4-7-19-23/h4,6-7,9-12H,2-3,5,8H2,1H3. The Morgan fingerprint density at radius 1 is 1.29 bits per heavy atom. The van der Waals surface area contributed by atoms with Crippen molar-refractivity contribution in [3.8, 4) is 17.1 Å². The van der Waals surface area contributed by atoms with E-state index < -0.39 is 0 Å². The third-order valence-electron chi connectivity index (χ3n) is 4.43. The molecule has 7 heteroatoms. The van der Waals surface area contributed by atoms with E-state index in [-0.39, 0.29) is 0 Å². The summed E-state index contributed by atoms with van der Waals surface area (Å²) in [4.78, 5) is 11.7. The summed E-state index contributed by atoms with van der Waals surface area (Å²) in [6.45, 7) is 3.24. The predicted molar refractivity (Wildman–Crippen MR) is 98.1 cm³/mol. The van der Waals surface area contributed by atoms with Crippen LogP contribution in [-0.2, 0) is 0 Å². The van der Waals surface area contributed by atoms with Crippen molar-refractivity contribution in [2.45, 2.75) is 32.2 Å². The number of aromatic nitrogens is 4. The van der Waals surface area contributed by atoms with Crippen LogP contribution >= 0.6 is 22.9 Å². The van der Waals surface area contributed by atoms with Crippen LogP contribution in [0.15, 0.2) is 35.3 Å². The third kappa shape index (κ3) is 2.80. The first-order valence-electron chi connectivity index (χ1n) is 8.11. The molecule has 1 aliphatic rings. The van der Waals surface area contributed by atoms with Crippen LogP contribution in [0.2, 0.25) is 5.15 Å². The number of hydrogen-bond donors (Lipinski definition) is 0. The van der Waals surface area contributed by atoms with Gasteiger partial charge in [0.2, 0.25) is 0 Å². The van der Waals surface area contributed by atoms with Crippen molar-refractivity contribution in [1.29, 1.82) is 0 Å². The lowest BCUT2D eigenvalue weighted by molar-refractivity contribution is 0.481. The van der Waals surface area contributed by atoms with Gasteiger partial charge in [-0.25, -0.2) is 4.68 Å². The van der Waals surface area contributed by atoms with E-state index in [1.54, 1.807) is 22.2 Å². The van der Waals surface area contributed by atoms with Crippen LogP contribution in [0.3, 0.4) is 0 Å². The van der Waals surface area contributed by atoms with Crippen LogP contribution in [0.25, 0.3) is 17.1 Å². The maximum absolute atomic E-state index is 6.60. The van der Waals surface area contributed by atoms with E-state index in [2.05, 4.69) is 38.7 Å². The molecule has 0 bridgehead atoms. The van der Waals surface area contributed by atoms with Gasteiger partial charge in [0.15, 0.2) is 0 Å². The lowest BCUT2D eigenvalue weighted by Gasteiger charge is -2.35. The van der Waals surface area contributed by atoms with E-state index in [9.17, 15) is 0 Å². The summed E-state index contributed by atoms with van der Waals surface area (Å²) in [6, 6.07) is 4.36. The molecule has 0 N–H and O–H groups in total. The van der Waals surface area contributed by atoms with E-state index in [1.165, 1.54) is 19.3 Å². The largest absolute Gasteiger partial charge is 0.353 e. The number of piperidine rings is 1. The Morgan fingerprint density at radius 2 is 2.21 bits per heavy atom. The van der Waals surface area contributed by atoms with Crippen molar-refractivity contribution < 1.29 is 0 Å². The maximum Gasteiger partial charge on any atom is 0.253 e. The molecule has 1 saturated heterocycles. The Kier molecular flexibility index (Phi) is 4.24. The number of hydrogen-bond acceptors (Lipinski definition) is 5. The number of halogens is 1. The van der Waals surface area contributed by atoms with Crippen LogP contribution in [-0.4, -0.2) is 32.3 Å². The molecule has 5 nitrogen and oxygen atoms in total. The molecule has 0 spiro atoms. The average molecular weight is 360 g/mol. The zero-order chi connectivity index (χ0) is 16.5. The van der Waals surface area contributed by atoms with E-state index in [1.807, 2.05) is 12.3 Å². The van der Waals surface area contributed by atoms with E-state index in [0.29, 0.717) is 17.1 Å². The van der Waals surface area contributed by atoms with Gasteiger partial charge in [-0.2, -0.15) is 26.4 Å². The van der Waals surface area contributed by atoms with Crippen molar-refractivity contribution in [2.24, 2.45) is 0 Å². The van der Waals surface area contributed by atoms with Gasteiger partial charge < -0.3 is 4.90 Å². The summed E-state index contributed by atoms with van der Waals surface area (Å²) >= 11 is 8.25. The van der Waals surface area contributed by atoms with Gasteiger partial charge in [0.05, 0.1) is 5.56 Å². The molecular weight excluding hydrogens is 342 g/mol. The van der Waals surface area contributed by atoms with Crippen LogP contribution in [0.1, 0.15) is 26.2 Å². The summed E-state index contributed by atoms with van der Waals surface area (Å²) in [5.74, 6) is 1.42. The van der Waals surface area contributed by atoms with Gasteiger partial charge in [-0.1, -0.05) is 11.6 Å². The minimum atomic E-state index is 0.438. The summed E-state index contributed by atoms with van der Waals surface area (Å²) in [7, 11) is 0. The number of rotatable bonds is 3. The van der Waals surface area contributed by atoms with Crippen LogP contribution < -0.4 is 4.90 Å². The van der Waals surface area contributed by atoms with Gasteiger partial charge in [0.25, 0.3) is 5.95 Å². The Hall–Kier alpha value is -1.92. The van der Waals surface area contributed by atoms with Gasteiger partial charge in [-0.15, -0.1) is 0 Å². The van der Waals surface area contributed by atoms with Crippen molar-refractivity contribution >= 4 is 28.8 Å². The molecule has 0 aromatic carbocycles. The minimum Gasteiger partial charge on any atom is -0.353 e. The molecule has 124 valence electrons. The molecule has 1 aliphatic heterocycles. The van der Waals surface area contributed by atoms with Crippen molar-refractivity contribution in [2.75, 3.05) is 11.4 Å². The molecule has 4 rings (SSSR count). The molecular formula is C17H18ClN5S. The fourth-order valence-corrected chi connectivity index (χ4v) is 4.09. The lowest BCUT2D eigenvalue weighted by Crippen LogP contribution is -2.38. The Labute approximate surface area is 149 Å². The average Bonchev–Trinajstić information content (AvgIpc) is 3.28. The van der Waals surface area contributed by atoms with Gasteiger partial charge in [-0.05, 0) is 54.6 Å². The molecule has 1 atom stereocenters. The van der Waals surface area contributed by atoms with Crippen molar-refractivity contribution in [3.63, 3.8) is 0 Å². The van der Waals surface area contributed by atoms with Gasteiger partial charge in [-0.3, -0.25) is 0 Å². The van der Waals surface area contributed by atoms with Gasteiger partial charge in [0, 0.05) is 25.0 Å². The quantitative estimate of drug-likeness (QED) is 0.649. The summed E-state index contributed by atoms with van der Waals surface area (Å²) in [5, 5.41) is 8.86. The second-order valence-corrected chi connectivity index (χ2v) is 7.15. The molecule has 0 amide bonds. The fraction of sp³-hybridized carbons (Fsp3) is 0.353. The predicted octanol–water partition coefficient (Wildman–Crippen LogP) is 4.42. The molecule has 0 radical (unpaired) electrons. The fourth-order valence-electron chi connectivity index (χ4n) is 3.18. The molecule has 1 fully saturated rings. The van der Waals surface area contributed by atoms with Crippen molar-refractivity contribution in [1.82, 2.24) is 19.7 Å². The molecule has 1 unspecified atom stereocenters. The van der Waals surface area contributed by atoms with Gasteiger partial charge in [0.1, 0.15) is 11.0 Å². The molecule has 0 aliphatic carbocycles. The normalized spacial score (nSPS) is 18.1. The molecule has 0 saturated carbocycles. The smallest absolute Gasteiger partial charge is 0.253 e. The highest BCUT2D eigenvalue weighted by molar-refractivity contribution is 7.08. The van der Waals surface area contributed by atoms with Crippen molar-refractivity contribution in [3.05, 3.63) is 40.4 Å². The Morgan fingerprint density at radius 3 is 2.92 bits per heavy atom. The molecule has 24 heavy (non-hydrogen) atoms. The monoisotopic (exact) mass is 359 g/mol. The molecule has 3 aromatic rings. The first-order chi connectivity index (χ1) is 11.7. The SMILES string of the molecule is CC1CCCCN1c1nc(-n2cccn2)nc(Cl)c1-c1ccsc1. The van der Waals surface area contributed by atoms with Crippen LogP contribution in [0, 0.1) is 0 Å². The second-order valence-electron chi connectivity index (χ2n) is 6.01. The topological polar surface area (TPSA) is 46.8 Å². The number of anilines is 1. The van der Waals surface area contributed by atoms with E-state index in [4.69, 9.17) is 16.6 Å². The zero-order valence-corrected chi connectivity index (χ0v) is 15.0. The lowest BCUT2D eigenvalue weighted by atomic mass is 10.0. The molecule has 4 heterocycles. The first kappa shape index (κ1) is 15.6. The van der Waals surface area contributed by atoms with Crippen LogP contribution in [0.5, 0.6) is 0 Å². The number of thiophene rings is 1. The molecule has 3 aromatic heterocycles. The second kappa shape index (κ2) is 6.53. The number of nitrogens with zero attached hydrogens (tertiary/aromatic N) is 5. The summed E-state index contributed by atoms with van der Waals surface area (Å²) in [5.41, 5.74) is 1.99. The highest BCUT2D eigenvalue weighted by Gasteiger charge is 2.26. The highest BCUT2D eigenvalue weighted by atomic mass is 35.5. The van der Waals surface area contributed by atoms with E-state index >= 15 is 0 Å². The Balaban J connectivity index is 1.89. The summed E-state index contributed by atoms with van der Waals surface area (Å²) in [6.07, 6.45) is 7.15. The maximum atomic E-state index is 6.60. The zero-order valence-electron chi connectivity index (χ0n) is 13.4. The highest BCUT2D eigenvalue weighted by Crippen LogP contribution is 2.38. The first-order valence-corrected chi connectivity index (χ1v) is 9.43. The minimum absolute atomic E-state index is 0.438. The third-order valence-corrected chi connectivity index (χ3v) is 5.38. The van der Waals surface area contributed by atoms with Crippen LogP contribution in [0.4, 0.5) is 5.82 Å².